The predicted octanol–water partition coefficient (Wildman–Crippen LogP) is 1.58. The van der Waals surface area contributed by atoms with Gasteiger partial charge in [-0.1, -0.05) is 19.8 Å². The van der Waals surface area contributed by atoms with Gasteiger partial charge in [-0.25, -0.2) is 0 Å². The van der Waals surface area contributed by atoms with E-state index in [2.05, 4.69) is 11.8 Å². The largest absolute Gasteiger partial charge is 0.503 e. The Morgan fingerprint density at radius 1 is 1.30 bits per heavy atom. The number of ether oxygens (including phenoxy) is 1. The average molecular weight is 280 g/mol. The van der Waals surface area contributed by atoms with Crippen molar-refractivity contribution < 1.29 is 9.84 Å². The molecule has 1 aromatic rings. The molecule has 1 aliphatic heterocycles. The highest BCUT2D eigenvalue weighted by molar-refractivity contribution is 5.20. The van der Waals surface area contributed by atoms with Gasteiger partial charge in [-0.15, -0.1) is 0 Å². The van der Waals surface area contributed by atoms with Gasteiger partial charge < -0.3 is 14.4 Å². The first-order valence-corrected chi connectivity index (χ1v) is 7.43. The van der Waals surface area contributed by atoms with Crippen molar-refractivity contribution in [3.8, 4) is 5.75 Å². The summed E-state index contributed by atoms with van der Waals surface area (Å²) < 4.78 is 7.36. The number of pyridine rings is 1. The van der Waals surface area contributed by atoms with Gasteiger partial charge in [-0.05, 0) is 6.42 Å². The number of aromatic hydroxyl groups is 1. The second-order valence-corrected chi connectivity index (χ2v) is 5.30. The SMILES string of the molecule is CCCCCn1cc(O)c(=O)cc1CN1CCOCC1. The number of hydrogen-bond donors (Lipinski definition) is 1. The maximum Gasteiger partial charge on any atom is 0.223 e. The lowest BCUT2D eigenvalue weighted by atomic mass is 10.2. The second-order valence-electron chi connectivity index (χ2n) is 5.30. The van der Waals surface area contributed by atoms with Gasteiger partial charge in [0.15, 0.2) is 5.75 Å². The van der Waals surface area contributed by atoms with Crippen LogP contribution < -0.4 is 5.43 Å². The van der Waals surface area contributed by atoms with Gasteiger partial charge in [0.05, 0.1) is 19.4 Å². The van der Waals surface area contributed by atoms with Gasteiger partial charge in [-0.2, -0.15) is 0 Å². The van der Waals surface area contributed by atoms with Crippen LogP contribution in [0.1, 0.15) is 31.9 Å². The van der Waals surface area contributed by atoms with Gasteiger partial charge in [0, 0.05) is 37.9 Å². The summed E-state index contributed by atoms with van der Waals surface area (Å²) in [7, 11) is 0. The molecule has 112 valence electrons. The highest BCUT2D eigenvalue weighted by atomic mass is 16.5. The molecule has 0 bridgehead atoms. The molecule has 5 heteroatoms. The van der Waals surface area contributed by atoms with Crippen LogP contribution in [0, 0.1) is 0 Å². The summed E-state index contributed by atoms with van der Waals surface area (Å²) in [4.78, 5) is 13.9. The Kier molecular flexibility index (Phi) is 5.61. The van der Waals surface area contributed by atoms with E-state index >= 15 is 0 Å². The fourth-order valence-electron chi connectivity index (χ4n) is 2.47. The number of aromatic nitrogens is 1. The van der Waals surface area contributed by atoms with Crippen LogP contribution in [0.2, 0.25) is 0 Å². The summed E-state index contributed by atoms with van der Waals surface area (Å²) in [6, 6.07) is 1.57. The molecule has 1 N–H and O–H groups in total. The van der Waals surface area contributed by atoms with Crippen LogP contribution in [-0.4, -0.2) is 40.9 Å². The van der Waals surface area contributed by atoms with E-state index in [4.69, 9.17) is 4.74 Å². The van der Waals surface area contributed by atoms with Crippen LogP contribution in [0.5, 0.6) is 5.75 Å². The Labute approximate surface area is 119 Å². The number of aryl methyl sites for hydroxylation is 1. The molecule has 5 nitrogen and oxygen atoms in total. The van der Waals surface area contributed by atoms with E-state index in [1.165, 1.54) is 0 Å². The van der Waals surface area contributed by atoms with Crippen molar-refractivity contribution in [1.29, 1.82) is 0 Å². The van der Waals surface area contributed by atoms with Gasteiger partial charge in [-0.3, -0.25) is 9.69 Å². The highest BCUT2D eigenvalue weighted by Crippen LogP contribution is 2.11. The molecule has 0 unspecified atom stereocenters. The zero-order valence-electron chi connectivity index (χ0n) is 12.2. The number of unbranched alkanes of at least 4 members (excludes halogenated alkanes) is 2. The molecule has 20 heavy (non-hydrogen) atoms. The van der Waals surface area contributed by atoms with Gasteiger partial charge >= 0.3 is 0 Å². The molecule has 0 amide bonds. The first-order valence-electron chi connectivity index (χ1n) is 7.43. The Bertz CT molecular complexity index is 478. The Morgan fingerprint density at radius 2 is 2.05 bits per heavy atom. The number of morpholine rings is 1. The predicted molar refractivity (Wildman–Crippen MR) is 78.0 cm³/mol. The van der Waals surface area contributed by atoms with E-state index in [0.717, 1.165) is 64.3 Å². The lowest BCUT2D eigenvalue weighted by Gasteiger charge is -2.27. The van der Waals surface area contributed by atoms with Crippen molar-refractivity contribution in [2.24, 2.45) is 0 Å². The Morgan fingerprint density at radius 3 is 2.75 bits per heavy atom. The van der Waals surface area contributed by atoms with Crippen molar-refractivity contribution in [3.05, 3.63) is 28.2 Å². The van der Waals surface area contributed by atoms with Crippen molar-refractivity contribution in [2.45, 2.75) is 39.3 Å². The van der Waals surface area contributed by atoms with Crippen LogP contribution in [0.15, 0.2) is 17.1 Å². The highest BCUT2D eigenvalue weighted by Gasteiger charge is 2.13. The second kappa shape index (κ2) is 7.45. The van der Waals surface area contributed by atoms with Crippen molar-refractivity contribution in [1.82, 2.24) is 9.47 Å². The molecule has 0 spiro atoms. The van der Waals surface area contributed by atoms with Gasteiger partial charge in [0.1, 0.15) is 0 Å². The molecule has 1 saturated heterocycles. The lowest BCUT2D eigenvalue weighted by Crippen LogP contribution is -2.36. The van der Waals surface area contributed by atoms with E-state index in [9.17, 15) is 9.90 Å². The smallest absolute Gasteiger partial charge is 0.223 e. The van der Waals surface area contributed by atoms with E-state index in [1.54, 1.807) is 12.3 Å². The molecule has 1 aliphatic rings. The molecule has 0 aliphatic carbocycles. The van der Waals surface area contributed by atoms with Crippen LogP contribution >= 0.6 is 0 Å². The molecule has 1 fully saturated rings. The third kappa shape index (κ3) is 4.08. The third-order valence-corrected chi connectivity index (χ3v) is 3.69. The maximum absolute atomic E-state index is 11.7. The fourth-order valence-corrected chi connectivity index (χ4v) is 2.47. The quantitative estimate of drug-likeness (QED) is 0.804. The van der Waals surface area contributed by atoms with Crippen LogP contribution in [0.25, 0.3) is 0 Å². The Hall–Kier alpha value is -1.33. The average Bonchev–Trinajstić information content (AvgIpc) is 2.45. The molecule has 2 heterocycles. The van der Waals surface area contributed by atoms with Gasteiger partial charge in [0.2, 0.25) is 5.43 Å². The first kappa shape index (κ1) is 15.1. The zero-order chi connectivity index (χ0) is 14.4. The lowest BCUT2D eigenvalue weighted by molar-refractivity contribution is 0.0330. The van der Waals surface area contributed by atoms with Crippen LogP contribution in [-0.2, 0) is 17.8 Å². The first-order chi connectivity index (χ1) is 9.70. The molecule has 2 rings (SSSR count). The van der Waals surface area contributed by atoms with E-state index in [1.807, 2.05) is 4.57 Å². The molecular formula is C15H24N2O3. The van der Waals surface area contributed by atoms with Crippen molar-refractivity contribution in [3.63, 3.8) is 0 Å². The van der Waals surface area contributed by atoms with Gasteiger partial charge in [0.25, 0.3) is 0 Å². The molecular weight excluding hydrogens is 256 g/mol. The van der Waals surface area contributed by atoms with E-state index in [0.29, 0.717) is 0 Å². The minimum Gasteiger partial charge on any atom is -0.503 e. The summed E-state index contributed by atoms with van der Waals surface area (Å²) in [6.45, 7) is 7.04. The molecule has 0 aromatic carbocycles. The molecule has 0 saturated carbocycles. The summed E-state index contributed by atoms with van der Waals surface area (Å²) in [5.41, 5.74) is 0.686. The normalized spacial score (nSPS) is 16.4. The van der Waals surface area contributed by atoms with Crippen LogP contribution in [0.3, 0.4) is 0 Å². The fraction of sp³-hybridized carbons (Fsp3) is 0.667. The minimum atomic E-state index is -0.292. The Balaban J connectivity index is 2.11. The van der Waals surface area contributed by atoms with E-state index < -0.39 is 0 Å². The summed E-state index contributed by atoms with van der Waals surface area (Å²) >= 11 is 0. The molecule has 0 atom stereocenters. The minimum absolute atomic E-state index is 0.160. The summed E-state index contributed by atoms with van der Waals surface area (Å²) in [5.74, 6) is -0.160. The zero-order valence-corrected chi connectivity index (χ0v) is 12.2. The maximum atomic E-state index is 11.7. The third-order valence-electron chi connectivity index (χ3n) is 3.69. The number of hydrogen-bond acceptors (Lipinski definition) is 4. The number of nitrogens with zero attached hydrogens (tertiary/aromatic N) is 2. The topological polar surface area (TPSA) is 54.7 Å². The van der Waals surface area contributed by atoms with Crippen LogP contribution in [0.4, 0.5) is 0 Å². The standard InChI is InChI=1S/C15H24N2O3/c1-2-3-4-5-17-12-15(19)14(18)10-13(17)11-16-6-8-20-9-7-16/h10,12,19H,2-9,11H2,1H3. The molecule has 1 aromatic heterocycles. The molecule has 0 radical (unpaired) electrons. The summed E-state index contributed by atoms with van der Waals surface area (Å²) in [5, 5.41) is 9.62. The van der Waals surface area contributed by atoms with Crippen molar-refractivity contribution in [2.75, 3.05) is 26.3 Å². The number of rotatable bonds is 6. The monoisotopic (exact) mass is 280 g/mol. The van der Waals surface area contributed by atoms with Crippen molar-refractivity contribution >= 4 is 0 Å². The summed E-state index contributed by atoms with van der Waals surface area (Å²) in [6.07, 6.45) is 4.96. The van der Waals surface area contributed by atoms with E-state index in [-0.39, 0.29) is 11.2 Å².